The molecular weight excluding hydrogens is 288 g/mol. The van der Waals surface area contributed by atoms with Crippen LogP contribution in [-0.4, -0.2) is 27.1 Å². The maximum atomic E-state index is 12.0. The quantitative estimate of drug-likeness (QED) is 0.434. The summed E-state index contributed by atoms with van der Waals surface area (Å²) >= 11 is 1.37. The number of benzene rings is 1. The van der Waals surface area contributed by atoms with Crippen LogP contribution in [0.3, 0.4) is 0 Å². The maximum Gasteiger partial charge on any atom is 0.277 e. The molecule has 2 aromatic heterocycles. The highest BCUT2D eigenvalue weighted by molar-refractivity contribution is 7.22. The average molecular weight is 298 g/mol. The van der Waals surface area contributed by atoms with Crippen LogP contribution in [0.15, 0.2) is 41.9 Å². The van der Waals surface area contributed by atoms with E-state index in [1.165, 1.54) is 29.9 Å². The van der Waals surface area contributed by atoms with E-state index in [4.69, 9.17) is 5.84 Å². The fraction of sp³-hybridized carbons (Fsp3) is 0. The summed E-state index contributed by atoms with van der Waals surface area (Å²) in [5, 5.41) is 6.69. The highest BCUT2D eigenvalue weighted by Crippen LogP contribution is 2.26. The standard InChI is InChI=1S/C13H10N6OS/c14-17-6-8-1-2-9-11(5-8)21-13(18-9)19-12(20)10-7-15-3-4-16-10/h1-7H,14H2,(H,18,19,20). The summed E-state index contributed by atoms with van der Waals surface area (Å²) in [4.78, 5) is 24.1. The Balaban J connectivity index is 1.86. The SMILES string of the molecule is NN=Cc1ccc2nc(NC(=O)c3cnccn3)sc2c1. The van der Waals surface area contributed by atoms with Crippen molar-refractivity contribution in [2.24, 2.45) is 10.9 Å². The first kappa shape index (κ1) is 13.1. The number of rotatable bonds is 3. The van der Waals surface area contributed by atoms with Crippen molar-refractivity contribution >= 4 is 38.8 Å². The zero-order valence-electron chi connectivity index (χ0n) is 10.7. The topological polar surface area (TPSA) is 106 Å². The van der Waals surface area contributed by atoms with Gasteiger partial charge in [0.05, 0.1) is 22.6 Å². The molecule has 0 radical (unpaired) electrons. The van der Waals surface area contributed by atoms with E-state index in [-0.39, 0.29) is 11.6 Å². The Labute approximate surface area is 123 Å². The van der Waals surface area contributed by atoms with E-state index in [2.05, 4.69) is 25.4 Å². The van der Waals surface area contributed by atoms with Crippen LogP contribution >= 0.6 is 11.3 Å². The molecule has 3 aromatic rings. The molecule has 0 unspecified atom stereocenters. The molecule has 0 fully saturated rings. The van der Waals surface area contributed by atoms with E-state index < -0.39 is 0 Å². The number of thiazole rings is 1. The molecule has 0 aliphatic carbocycles. The number of hydrogen-bond acceptors (Lipinski definition) is 7. The molecule has 0 saturated heterocycles. The van der Waals surface area contributed by atoms with E-state index in [1.54, 1.807) is 6.21 Å². The Morgan fingerprint density at radius 2 is 2.29 bits per heavy atom. The number of fused-ring (bicyclic) bond motifs is 1. The van der Waals surface area contributed by atoms with E-state index >= 15 is 0 Å². The average Bonchev–Trinajstić information content (AvgIpc) is 2.90. The van der Waals surface area contributed by atoms with Gasteiger partial charge in [-0.1, -0.05) is 17.4 Å². The van der Waals surface area contributed by atoms with Crippen LogP contribution in [0.2, 0.25) is 0 Å². The molecule has 3 rings (SSSR count). The molecular formula is C13H10N6OS. The molecule has 104 valence electrons. The van der Waals surface area contributed by atoms with Crippen LogP contribution in [0.1, 0.15) is 16.1 Å². The zero-order chi connectivity index (χ0) is 14.7. The summed E-state index contributed by atoms with van der Waals surface area (Å²) in [7, 11) is 0. The van der Waals surface area contributed by atoms with Crippen LogP contribution in [0, 0.1) is 0 Å². The van der Waals surface area contributed by atoms with Gasteiger partial charge in [-0.3, -0.25) is 15.1 Å². The largest absolute Gasteiger partial charge is 0.323 e. The minimum atomic E-state index is -0.342. The summed E-state index contributed by atoms with van der Waals surface area (Å²) in [5.41, 5.74) is 1.91. The molecule has 21 heavy (non-hydrogen) atoms. The van der Waals surface area contributed by atoms with Gasteiger partial charge in [0, 0.05) is 12.4 Å². The third-order valence-electron chi connectivity index (χ3n) is 2.65. The van der Waals surface area contributed by atoms with Gasteiger partial charge in [-0.25, -0.2) is 9.97 Å². The summed E-state index contributed by atoms with van der Waals surface area (Å²) in [5.74, 6) is 4.79. The minimum Gasteiger partial charge on any atom is -0.323 e. The summed E-state index contributed by atoms with van der Waals surface area (Å²) in [6.07, 6.45) is 5.93. The van der Waals surface area contributed by atoms with E-state index in [0.717, 1.165) is 15.8 Å². The molecule has 0 bridgehead atoms. The second-order valence-corrected chi connectivity index (χ2v) is 5.10. The molecule has 0 saturated carbocycles. The number of nitrogens with two attached hydrogens (primary N) is 1. The van der Waals surface area contributed by atoms with Crippen molar-refractivity contribution < 1.29 is 4.79 Å². The van der Waals surface area contributed by atoms with E-state index in [9.17, 15) is 4.79 Å². The number of anilines is 1. The lowest BCUT2D eigenvalue weighted by Crippen LogP contribution is -2.13. The molecule has 3 N–H and O–H groups in total. The lowest BCUT2D eigenvalue weighted by molar-refractivity contribution is 0.102. The Kier molecular flexibility index (Phi) is 3.52. The zero-order valence-corrected chi connectivity index (χ0v) is 11.5. The smallest absolute Gasteiger partial charge is 0.277 e. The number of nitrogens with zero attached hydrogens (tertiary/aromatic N) is 4. The first-order valence-corrected chi connectivity index (χ1v) is 6.79. The van der Waals surface area contributed by atoms with Crippen LogP contribution in [0.4, 0.5) is 5.13 Å². The Bertz CT molecular complexity index is 814. The predicted octanol–water partition coefficient (Wildman–Crippen LogP) is 1.63. The summed E-state index contributed by atoms with van der Waals surface area (Å²) in [6, 6.07) is 5.61. The van der Waals surface area contributed by atoms with Gasteiger partial charge in [0.25, 0.3) is 5.91 Å². The van der Waals surface area contributed by atoms with Gasteiger partial charge in [-0.15, -0.1) is 0 Å². The highest BCUT2D eigenvalue weighted by atomic mass is 32.1. The number of nitrogens with one attached hydrogen (secondary N) is 1. The van der Waals surface area contributed by atoms with Crippen molar-refractivity contribution in [1.82, 2.24) is 15.0 Å². The predicted molar refractivity (Wildman–Crippen MR) is 81.4 cm³/mol. The molecule has 8 heteroatoms. The summed E-state index contributed by atoms with van der Waals surface area (Å²) < 4.78 is 0.932. The first-order valence-electron chi connectivity index (χ1n) is 5.97. The fourth-order valence-corrected chi connectivity index (χ4v) is 2.65. The van der Waals surface area contributed by atoms with Gasteiger partial charge in [0.2, 0.25) is 0 Å². The number of carbonyl (C=O) groups excluding carboxylic acids is 1. The number of hydrazone groups is 1. The molecule has 0 spiro atoms. The number of carbonyl (C=O) groups is 1. The molecule has 1 aromatic carbocycles. The van der Waals surface area contributed by atoms with Crippen LogP contribution in [0.25, 0.3) is 10.2 Å². The normalized spacial score (nSPS) is 11.0. The van der Waals surface area contributed by atoms with Crippen LogP contribution in [-0.2, 0) is 0 Å². The van der Waals surface area contributed by atoms with Crippen molar-refractivity contribution in [2.45, 2.75) is 0 Å². The van der Waals surface area contributed by atoms with Gasteiger partial charge in [0.15, 0.2) is 5.13 Å². The number of aromatic nitrogens is 3. The van der Waals surface area contributed by atoms with Gasteiger partial charge < -0.3 is 5.84 Å². The molecule has 0 aliphatic rings. The second kappa shape index (κ2) is 5.63. The molecule has 2 heterocycles. The van der Waals surface area contributed by atoms with Crippen LogP contribution < -0.4 is 11.2 Å². The maximum absolute atomic E-state index is 12.0. The van der Waals surface area contributed by atoms with Gasteiger partial charge >= 0.3 is 0 Å². The third-order valence-corrected chi connectivity index (χ3v) is 3.59. The Morgan fingerprint density at radius 3 is 3.05 bits per heavy atom. The van der Waals surface area contributed by atoms with Crippen molar-refractivity contribution in [3.8, 4) is 0 Å². The Hall–Kier alpha value is -2.87. The van der Waals surface area contributed by atoms with Gasteiger partial charge in [-0.05, 0) is 17.7 Å². The number of amides is 1. The Morgan fingerprint density at radius 1 is 1.38 bits per heavy atom. The highest BCUT2D eigenvalue weighted by Gasteiger charge is 2.11. The van der Waals surface area contributed by atoms with E-state index in [1.807, 2.05) is 18.2 Å². The second-order valence-electron chi connectivity index (χ2n) is 4.07. The van der Waals surface area contributed by atoms with E-state index in [0.29, 0.717) is 5.13 Å². The molecule has 1 amide bonds. The van der Waals surface area contributed by atoms with Gasteiger partial charge in [0.1, 0.15) is 5.69 Å². The molecule has 7 nitrogen and oxygen atoms in total. The van der Waals surface area contributed by atoms with Crippen molar-refractivity contribution in [3.63, 3.8) is 0 Å². The lowest BCUT2D eigenvalue weighted by Gasteiger charge is -1.98. The van der Waals surface area contributed by atoms with Crippen LogP contribution in [0.5, 0.6) is 0 Å². The monoisotopic (exact) mass is 298 g/mol. The number of hydrogen-bond donors (Lipinski definition) is 2. The van der Waals surface area contributed by atoms with Gasteiger partial charge in [-0.2, -0.15) is 5.10 Å². The van der Waals surface area contributed by atoms with Crippen molar-refractivity contribution in [2.75, 3.05) is 5.32 Å². The summed E-state index contributed by atoms with van der Waals surface area (Å²) in [6.45, 7) is 0. The minimum absolute atomic E-state index is 0.243. The van der Waals surface area contributed by atoms with Crippen molar-refractivity contribution in [3.05, 3.63) is 48.0 Å². The lowest BCUT2D eigenvalue weighted by atomic mass is 10.2. The van der Waals surface area contributed by atoms with Crippen molar-refractivity contribution in [1.29, 1.82) is 0 Å². The first-order chi connectivity index (χ1) is 10.3. The third kappa shape index (κ3) is 2.84. The fourth-order valence-electron chi connectivity index (χ4n) is 1.74. The molecule has 0 aliphatic heterocycles. The molecule has 0 atom stereocenters.